The Balaban J connectivity index is 2.26. The molecule has 0 saturated carbocycles. The van der Waals surface area contributed by atoms with Crippen LogP contribution in [0.3, 0.4) is 0 Å². The van der Waals surface area contributed by atoms with Crippen LogP contribution < -0.4 is 5.32 Å². The largest absolute Gasteiger partial charge is 0.480 e. The number of carbonyl (C=O) groups excluding carboxylic acids is 1. The highest BCUT2D eigenvalue weighted by molar-refractivity contribution is 6.00. The Morgan fingerprint density at radius 3 is 2.56 bits per heavy atom. The lowest BCUT2D eigenvalue weighted by Crippen LogP contribution is -2.49. The second kappa shape index (κ2) is 4.18. The molecule has 94 valence electrons. The fourth-order valence-electron chi connectivity index (χ4n) is 1.60. The topological polar surface area (TPSA) is 82.2 Å². The fraction of sp³-hybridized carbons (Fsp3) is 0.231. The summed E-state index contributed by atoms with van der Waals surface area (Å²) in [4.78, 5) is 25.8. The minimum Gasteiger partial charge on any atom is -0.480 e. The Bertz CT molecular complexity index is 580. The van der Waals surface area contributed by atoms with E-state index in [0.717, 1.165) is 10.9 Å². The lowest BCUT2D eigenvalue weighted by molar-refractivity contribution is -0.143. The first-order valence-corrected chi connectivity index (χ1v) is 5.54. The van der Waals surface area contributed by atoms with E-state index in [4.69, 9.17) is 5.11 Å². The van der Waals surface area contributed by atoms with Gasteiger partial charge in [-0.1, -0.05) is 18.2 Å². The van der Waals surface area contributed by atoms with E-state index in [1.165, 1.54) is 13.8 Å². The third kappa shape index (κ3) is 2.20. The van der Waals surface area contributed by atoms with Gasteiger partial charge >= 0.3 is 5.97 Å². The highest BCUT2D eigenvalue weighted by Gasteiger charge is 2.29. The number of carboxylic acids is 1. The zero-order valence-electron chi connectivity index (χ0n) is 10.2. The van der Waals surface area contributed by atoms with Gasteiger partial charge in [0.05, 0.1) is 0 Å². The number of rotatable bonds is 3. The van der Waals surface area contributed by atoms with Crippen LogP contribution in [-0.2, 0) is 4.79 Å². The summed E-state index contributed by atoms with van der Waals surface area (Å²) in [7, 11) is 0. The molecule has 0 aliphatic heterocycles. The predicted molar refractivity (Wildman–Crippen MR) is 67.5 cm³/mol. The van der Waals surface area contributed by atoms with Gasteiger partial charge in [0.15, 0.2) is 0 Å². The zero-order chi connectivity index (χ0) is 13.3. The van der Waals surface area contributed by atoms with Crippen molar-refractivity contribution >= 4 is 22.8 Å². The highest BCUT2D eigenvalue weighted by Crippen LogP contribution is 2.15. The molecular formula is C13H14N2O3. The van der Waals surface area contributed by atoms with Crippen molar-refractivity contribution in [1.82, 2.24) is 10.3 Å². The van der Waals surface area contributed by atoms with E-state index in [9.17, 15) is 9.59 Å². The van der Waals surface area contributed by atoms with Crippen molar-refractivity contribution in [3.63, 3.8) is 0 Å². The van der Waals surface area contributed by atoms with Crippen molar-refractivity contribution < 1.29 is 14.7 Å². The Morgan fingerprint density at radius 2 is 1.94 bits per heavy atom. The number of fused-ring (bicyclic) bond motifs is 1. The van der Waals surface area contributed by atoms with Gasteiger partial charge in [-0.05, 0) is 26.0 Å². The molecule has 3 N–H and O–H groups in total. The SMILES string of the molecule is CC(C)(NC(=O)c1cc2ccccc2[nH]1)C(=O)O. The molecule has 5 heteroatoms. The van der Waals surface area contributed by atoms with Gasteiger partial charge in [0.1, 0.15) is 11.2 Å². The van der Waals surface area contributed by atoms with E-state index in [0.29, 0.717) is 5.69 Å². The van der Waals surface area contributed by atoms with Crippen molar-refractivity contribution in [3.05, 3.63) is 36.0 Å². The Labute approximate surface area is 104 Å². The highest BCUT2D eigenvalue weighted by atomic mass is 16.4. The van der Waals surface area contributed by atoms with Crippen LogP contribution in [-0.4, -0.2) is 27.5 Å². The monoisotopic (exact) mass is 246 g/mol. The van der Waals surface area contributed by atoms with Gasteiger partial charge in [-0.25, -0.2) is 4.79 Å². The average Bonchev–Trinajstić information content (AvgIpc) is 2.71. The first kappa shape index (κ1) is 12.2. The van der Waals surface area contributed by atoms with Crippen molar-refractivity contribution in [1.29, 1.82) is 0 Å². The second-order valence-electron chi connectivity index (χ2n) is 4.65. The molecule has 0 aliphatic carbocycles. The molecule has 2 rings (SSSR count). The maximum Gasteiger partial charge on any atom is 0.328 e. The van der Waals surface area contributed by atoms with Crippen LogP contribution in [0, 0.1) is 0 Å². The van der Waals surface area contributed by atoms with Gasteiger partial charge in [-0.2, -0.15) is 0 Å². The molecule has 0 atom stereocenters. The van der Waals surface area contributed by atoms with E-state index >= 15 is 0 Å². The zero-order valence-corrected chi connectivity index (χ0v) is 10.2. The van der Waals surface area contributed by atoms with Crippen molar-refractivity contribution in [3.8, 4) is 0 Å². The van der Waals surface area contributed by atoms with Gasteiger partial charge in [-0.15, -0.1) is 0 Å². The quantitative estimate of drug-likeness (QED) is 0.771. The minimum absolute atomic E-state index is 0.352. The number of carbonyl (C=O) groups is 2. The minimum atomic E-state index is -1.30. The molecule has 0 radical (unpaired) electrons. The fourth-order valence-corrected chi connectivity index (χ4v) is 1.60. The second-order valence-corrected chi connectivity index (χ2v) is 4.65. The molecule has 0 fully saturated rings. The van der Waals surface area contributed by atoms with Gasteiger partial charge in [0.25, 0.3) is 5.91 Å². The number of H-pyrrole nitrogens is 1. The average molecular weight is 246 g/mol. The normalized spacial score (nSPS) is 11.4. The predicted octanol–water partition coefficient (Wildman–Crippen LogP) is 1.76. The number of amides is 1. The summed E-state index contributed by atoms with van der Waals surface area (Å²) in [5.74, 6) is -1.51. The third-order valence-corrected chi connectivity index (χ3v) is 2.74. The summed E-state index contributed by atoms with van der Waals surface area (Å²) < 4.78 is 0. The molecule has 2 aromatic rings. The molecule has 0 unspecified atom stereocenters. The first-order valence-electron chi connectivity index (χ1n) is 5.54. The van der Waals surface area contributed by atoms with Gasteiger partial charge in [0.2, 0.25) is 0 Å². The third-order valence-electron chi connectivity index (χ3n) is 2.74. The van der Waals surface area contributed by atoms with Crippen molar-refractivity contribution in [2.24, 2.45) is 0 Å². The van der Waals surface area contributed by atoms with Crippen LogP contribution in [0.5, 0.6) is 0 Å². The molecule has 5 nitrogen and oxygen atoms in total. The number of nitrogens with one attached hydrogen (secondary N) is 2. The number of aromatic amines is 1. The van der Waals surface area contributed by atoms with E-state index < -0.39 is 17.4 Å². The van der Waals surface area contributed by atoms with E-state index in [1.807, 2.05) is 24.3 Å². The maximum absolute atomic E-state index is 11.9. The number of carboxylic acid groups (broad SMARTS) is 1. The van der Waals surface area contributed by atoms with Gasteiger partial charge < -0.3 is 15.4 Å². The Morgan fingerprint density at radius 1 is 1.28 bits per heavy atom. The molecule has 18 heavy (non-hydrogen) atoms. The Hall–Kier alpha value is -2.30. The van der Waals surface area contributed by atoms with E-state index in [1.54, 1.807) is 6.07 Å². The number of aromatic nitrogens is 1. The lowest BCUT2D eigenvalue weighted by atomic mass is 10.1. The smallest absolute Gasteiger partial charge is 0.328 e. The maximum atomic E-state index is 11.9. The van der Waals surface area contributed by atoms with Gasteiger partial charge in [-0.3, -0.25) is 4.79 Å². The van der Waals surface area contributed by atoms with E-state index in [-0.39, 0.29) is 0 Å². The molecule has 1 heterocycles. The van der Waals surface area contributed by atoms with Gasteiger partial charge in [0, 0.05) is 10.9 Å². The number of para-hydroxylation sites is 1. The van der Waals surface area contributed by atoms with Crippen LogP contribution in [0.1, 0.15) is 24.3 Å². The molecular weight excluding hydrogens is 232 g/mol. The number of benzene rings is 1. The molecule has 0 saturated heterocycles. The summed E-state index contributed by atoms with van der Waals surface area (Å²) in [5, 5.41) is 12.3. The summed E-state index contributed by atoms with van der Waals surface area (Å²) >= 11 is 0. The number of aliphatic carboxylic acids is 1. The summed E-state index contributed by atoms with van der Waals surface area (Å²) in [5.41, 5.74) is -0.102. The van der Waals surface area contributed by atoms with Crippen LogP contribution in [0.4, 0.5) is 0 Å². The number of hydrogen-bond donors (Lipinski definition) is 3. The van der Waals surface area contributed by atoms with Crippen LogP contribution >= 0.6 is 0 Å². The molecule has 1 aromatic heterocycles. The van der Waals surface area contributed by atoms with Crippen LogP contribution in [0.2, 0.25) is 0 Å². The lowest BCUT2D eigenvalue weighted by Gasteiger charge is -2.20. The summed E-state index contributed by atoms with van der Waals surface area (Å²) in [6, 6.07) is 9.17. The van der Waals surface area contributed by atoms with Crippen LogP contribution in [0.25, 0.3) is 10.9 Å². The van der Waals surface area contributed by atoms with Crippen LogP contribution in [0.15, 0.2) is 30.3 Å². The molecule has 1 amide bonds. The standard InChI is InChI=1S/C13H14N2O3/c1-13(2,12(17)18)15-11(16)10-7-8-5-3-4-6-9(8)14-10/h3-7,14H,1-2H3,(H,15,16)(H,17,18). The number of hydrogen-bond acceptors (Lipinski definition) is 2. The van der Waals surface area contributed by atoms with Crippen molar-refractivity contribution in [2.45, 2.75) is 19.4 Å². The molecule has 1 aromatic carbocycles. The summed E-state index contributed by atoms with van der Waals surface area (Å²) in [6.07, 6.45) is 0. The summed E-state index contributed by atoms with van der Waals surface area (Å²) in [6.45, 7) is 2.88. The molecule has 0 aliphatic rings. The van der Waals surface area contributed by atoms with Crippen molar-refractivity contribution in [2.75, 3.05) is 0 Å². The molecule has 0 spiro atoms. The first-order chi connectivity index (χ1) is 8.40. The molecule has 0 bridgehead atoms. The Kier molecular flexibility index (Phi) is 2.82. The van der Waals surface area contributed by atoms with E-state index in [2.05, 4.69) is 10.3 Å².